The zero-order valence-corrected chi connectivity index (χ0v) is 68.3. The Morgan fingerprint density at radius 3 is 0.614 bits per heavy atom. The van der Waals surface area contributed by atoms with Gasteiger partial charge in [-0.1, -0.05) is 370 Å². The van der Waals surface area contributed by atoms with Gasteiger partial charge in [-0.25, -0.2) is 9.13 Å². The summed E-state index contributed by atoms with van der Waals surface area (Å²) in [6.45, 7) is 14.2. The molecule has 0 aliphatic heterocycles. The third-order valence-corrected chi connectivity index (χ3v) is 21.0. The topological polar surface area (TPSA) is 237 Å². The van der Waals surface area contributed by atoms with E-state index >= 15 is 0 Å². The van der Waals surface area contributed by atoms with Gasteiger partial charge >= 0.3 is 39.5 Å². The van der Waals surface area contributed by atoms with Gasteiger partial charge in [-0.2, -0.15) is 0 Å². The van der Waals surface area contributed by atoms with Crippen LogP contribution in [-0.4, -0.2) is 96.7 Å². The summed E-state index contributed by atoms with van der Waals surface area (Å²) < 4.78 is 68.7. The Kier molecular flexibility index (Phi) is 69.6. The van der Waals surface area contributed by atoms with Crippen LogP contribution in [0.25, 0.3) is 0 Å². The molecule has 5 atom stereocenters. The first-order chi connectivity index (χ1) is 48.6. The molecule has 0 radical (unpaired) electrons. The fourth-order valence-electron chi connectivity index (χ4n) is 12.6. The number of aliphatic hydroxyl groups is 1. The van der Waals surface area contributed by atoms with E-state index in [0.717, 1.165) is 114 Å². The van der Waals surface area contributed by atoms with Crippen LogP contribution in [-0.2, 0) is 65.4 Å². The number of carbonyl (C=O) groups excluding carboxylic acids is 4. The van der Waals surface area contributed by atoms with Gasteiger partial charge in [0.15, 0.2) is 12.2 Å². The summed E-state index contributed by atoms with van der Waals surface area (Å²) in [6, 6.07) is 0. The first-order valence-electron chi connectivity index (χ1n) is 42.2. The second-order valence-corrected chi connectivity index (χ2v) is 34.3. The van der Waals surface area contributed by atoms with Crippen molar-refractivity contribution < 1.29 is 80.2 Å². The molecule has 101 heavy (non-hydrogen) atoms. The number of esters is 4. The molecule has 0 heterocycles. The average Bonchev–Trinajstić information content (AvgIpc) is 0.967. The molecule has 0 amide bonds. The van der Waals surface area contributed by atoms with Crippen LogP contribution < -0.4 is 0 Å². The first kappa shape index (κ1) is 99.1. The molecule has 0 aliphatic carbocycles. The van der Waals surface area contributed by atoms with Crippen molar-refractivity contribution in [2.75, 3.05) is 39.6 Å². The minimum Gasteiger partial charge on any atom is -0.462 e. The van der Waals surface area contributed by atoms with E-state index in [0.29, 0.717) is 31.6 Å². The molecular formula is C82H160O17P2. The molecule has 600 valence electrons. The minimum absolute atomic E-state index is 0.106. The van der Waals surface area contributed by atoms with Crippen LogP contribution in [0.15, 0.2) is 0 Å². The van der Waals surface area contributed by atoms with Crippen LogP contribution >= 0.6 is 15.6 Å². The Bertz CT molecular complexity index is 1970. The predicted octanol–water partition coefficient (Wildman–Crippen LogP) is 24.4. The van der Waals surface area contributed by atoms with Crippen LogP contribution in [0, 0.1) is 23.7 Å². The molecule has 0 bridgehead atoms. The zero-order chi connectivity index (χ0) is 74.6. The molecule has 0 spiro atoms. The predicted molar refractivity (Wildman–Crippen MR) is 414 cm³/mol. The highest BCUT2D eigenvalue weighted by molar-refractivity contribution is 7.47. The SMILES string of the molecule is CC(C)CCCCCCCCCCCCCCCCCCC(=O)OC[C@H](COP(=O)(O)OC[C@@H](O)COP(=O)(O)OC[C@@H](COC(=O)CCCCCCCCC(C)C)OC(=O)CCCCCCCCCCCCCCC(C)C)OC(=O)CCCCCCCCCCCCCCCCCC(C)C. The fourth-order valence-corrected chi connectivity index (χ4v) is 14.2. The largest absolute Gasteiger partial charge is 0.472 e. The van der Waals surface area contributed by atoms with Gasteiger partial charge in [-0.15, -0.1) is 0 Å². The second-order valence-electron chi connectivity index (χ2n) is 31.4. The Balaban J connectivity index is 5.23. The number of rotatable bonds is 79. The molecule has 0 fully saturated rings. The third-order valence-electron chi connectivity index (χ3n) is 19.1. The second kappa shape index (κ2) is 71.0. The van der Waals surface area contributed by atoms with Gasteiger partial charge < -0.3 is 33.8 Å². The van der Waals surface area contributed by atoms with Gasteiger partial charge in [0.1, 0.15) is 19.3 Å². The van der Waals surface area contributed by atoms with Gasteiger partial charge in [0.05, 0.1) is 26.4 Å². The number of aliphatic hydroxyl groups excluding tert-OH is 1. The van der Waals surface area contributed by atoms with Crippen molar-refractivity contribution in [2.45, 2.75) is 440 Å². The van der Waals surface area contributed by atoms with Gasteiger partial charge in [-0.05, 0) is 49.4 Å². The Hall–Kier alpha value is -1.94. The summed E-state index contributed by atoms with van der Waals surface area (Å²) in [5.74, 6) is 0.957. The lowest BCUT2D eigenvalue weighted by molar-refractivity contribution is -0.161. The highest BCUT2D eigenvalue weighted by Crippen LogP contribution is 2.45. The summed E-state index contributed by atoms with van der Waals surface area (Å²) in [7, 11) is -9.92. The lowest BCUT2D eigenvalue weighted by Gasteiger charge is -2.21. The average molecular weight is 1480 g/mol. The Morgan fingerprint density at radius 1 is 0.248 bits per heavy atom. The van der Waals surface area contributed by atoms with E-state index in [1.54, 1.807) is 0 Å². The molecule has 2 unspecified atom stereocenters. The summed E-state index contributed by atoms with van der Waals surface area (Å²) >= 11 is 0. The van der Waals surface area contributed by atoms with E-state index in [1.807, 2.05) is 0 Å². The van der Waals surface area contributed by atoms with E-state index in [1.165, 1.54) is 218 Å². The van der Waals surface area contributed by atoms with E-state index < -0.39 is 97.5 Å². The molecule has 17 nitrogen and oxygen atoms in total. The number of carbonyl (C=O) groups is 4. The number of phosphoric acid groups is 2. The fraction of sp³-hybridized carbons (Fsp3) is 0.951. The molecule has 0 aromatic carbocycles. The molecule has 0 rings (SSSR count). The standard InChI is InChI=1S/C82H160O17P2/c1-72(2)58-50-42-34-28-22-16-12-9-10-14-18-25-31-37-46-54-62-79(84)92-68-77(98-81(86)64-56-48-38-32-26-19-15-11-13-17-23-29-35-43-51-59-73(3)4)70-96-100(88,89)94-66-76(83)67-95-101(90,91)97-71-78(69-93-80(85)63-55-47-41-40-45-53-61-75(7)8)99-82(87)65-57-49-39-33-27-21-20-24-30-36-44-52-60-74(5)6/h72-78,83H,9-71H2,1-8H3,(H,88,89)(H,90,91)/t76-,77-,78-/m1/s1. The maximum atomic E-state index is 13.1. The van der Waals surface area contributed by atoms with Gasteiger partial charge in [0.2, 0.25) is 0 Å². The summed E-state index contributed by atoms with van der Waals surface area (Å²) in [5.41, 5.74) is 0. The molecule has 0 aliphatic rings. The molecule has 0 aromatic heterocycles. The van der Waals surface area contributed by atoms with Crippen LogP contribution in [0.1, 0.15) is 421 Å². The Labute approximate surface area is 619 Å². The van der Waals surface area contributed by atoms with Crippen LogP contribution in [0.4, 0.5) is 0 Å². The molecule has 3 N–H and O–H groups in total. The highest BCUT2D eigenvalue weighted by Gasteiger charge is 2.30. The van der Waals surface area contributed by atoms with Crippen molar-refractivity contribution in [3.63, 3.8) is 0 Å². The summed E-state index contributed by atoms with van der Waals surface area (Å²) in [5, 5.41) is 10.6. The normalized spacial score (nSPS) is 14.0. The number of ether oxygens (including phenoxy) is 4. The van der Waals surface area contributed by atoms with Crippen molar-refractivity contribution in [3.8, 4) is 0 Å². The van der Waals surface area contributed by atoms with E-state index in [4.69, 9.17) is 37.0 Å². The molecule has 19 heteroatoms. The molecule has 0 saturated carbocycles. The van der Waals surface area contributed by atoms with E-state index in [9.17, 15) is 43.2 Å². The van der Waals surface area contributed by atoms with Crippen molar-refractivity contribution in [2.24, 2.45) is 23.7 Å². The number of unbranched alkanes of at least 4 members (excludes halogenated alkanes) is 45. The highest BCUT2D eigenvalue weighted by atomic mass is 31.2. The van der Waals surface area contributed by atoms with Gasteiger partial charge in [-0.3, -0.25) is 37.3 Å². The molecule has 0 saturated heterocycles. The lowest BCUT2D eigenvalue weighted by atomic mass is 10.0. The van der Waals surface area contributed by atoms with E-state index in [2.05, 4.69) is 55.4 Å². The van der Waals surface area contributed by atoms with E-state index in [-0.39, 0.29) is 25.7 Å². The lowest BCUT2D eigenvalue weighted by Crippen LogP contribution is -2.30. The maximum absolute atomic E-state index is 13.1. The van der Waals surface area contributed by atoms with Gasteiger partial charge in [0, 0.05) is 25.7 Å². The summed E-state index contributed by atoms with van der Waals surface area (Å²) in [6.07, 6.45) is 58.5. The van der Waals surface area contributed by atoms with Gasteiger partial charge in [0.25, 0.3) is 0 Å². The van der Waals surface area contributed by atoms with Crippen LogP contribution in [0.2, 0.25) is 0 Å². The maximum Gasteiger partial charge on any atom is 0.472 e. The van der Waals surface area contributed by atoms with Crippen molar-refractivity contribution in [3.05, 3.63) is 0 Å². The number of hydrogen-bond donors (Lipinski definition) is 3. The molecule has 0 aromatic rings. The summed E-state index contributed by atoms with van der Waals surface area (Å²) in [4.78, 5) is 73.0. The molecular weight excluding hydrogens is 1320 g/mol. The quantitative estimate of drug-likeness (QED) is 0.0222. The monoisotopic (exact) mass is 1480 g/mol. The smallest absolute Gasteiger partial charge is 0.462 e. The first-order valence-corrected chi connectivity index (χ1v) is 45.2. The van der Waals surface area contributed by atoms with Crippen molar-refractivity contribution in [1.82, 2.24) is 0 Å². The Morgan fingerprint density at radius 2 is 0.416 bits per heavy atom. The minimum atomic E-state index is -4.96. The van der Waals surface area contributed by atoms with Crippen LogP contribution in [0.3, 0.4) is 0 Å². The van der Waals surface area contributed by atoms with Crippen molar-refractivity contribution >= 4 is 39.5 Å². The van der Waals surface area contributed by atoms with Crippen LogP contribution in [0.5, 0.6) is 0 Å². The third kappa shape index (κ3) is 76.1. The number of hydrogen-bond acceptors (Lipinski definition) is 15. The number of phosphoric ester groups is 2. The van der Waals surface area contributed by atoms with Crippen molar-refractivity contribution in [1.29, 1.82) is 0 Å². The zero-order valence-electron chi connectivity index (χ0n) is 66.5.